The third-order valence-electron chi connectivity index (χ3n) is 7.98. The molecule has 2 unspecified atom stereocenters. The maximum Gasteiger partial charge on any atom is 0.263 e. The van der Waals surface area contributed by atoms with Crippen LogP contribution in [0.15, 0.2) is 102 Å². The van der Waals surface area contributed by atoms with Gasteiger partial charge in [0.25, 0.3) is 10.0 Å². The number of carbonyl (C=O) groups is 1. The Hall–Kier alpha value is -5.20. The smallest absolute Gasteiger partial charge is 0.263 e. The maximum atomic E-state index is 13.9. The largest absolute Gasteiger partial charge is 0.497 e. The van der Waals surface area contributed by atoms with E-state index in [1.807, 2.05) is 36.4 Å². The maximum absolute atomic E-state index is 13.9. The van der Waals surface area contributed by atoms with Crippen LogP contribution in [0.1, 0.15) is 36.1 Å². The van der Waals surface area contributed by atoms with E-state index in [1.54, 1.807) is 48.5 Å². The predicted octanol–water partition coefficient (Wildman–Crippen LogP) is 5.55. The number of hydrogen-bond donors (Lipinski definition) is 3. The zero-order valence-electron chi connectivity index (χ0n) is 25.4. The van der Waals surface area contributed by atoms with Gasteiger partial charge in [0.1, 0.15) is 17.5 Å². The number of rotatable bonds is 11. The van der Waals surface area contributed by atoms with Crippen LogP contribution >= 0.6 is 0 Å². The summed E-state index contributed by atoms with van der Waals surface area (Å²) in [5.74, 6) is 0.676. The Morgan fingerprint density at radius 2 is 1.52 bits per heavy atom. The summed E-state index contributed by atoms with van der Waals surface area (Å²) in [5.41, 5.74) is 9.15. The second-order valence-corrected chi connectivity index (χ2v) is 12.6. The van der Waals surface area contributed by atoms with Gasteiger partial charge in [0.15, 0.2) is 11.6 Å². The van der Waals surface area contributed by atoms with Crippen molar-refractivity contribution in [1.29, 1.82) is 0 Å². The zero-order valence-corrected chi connectivity index (χ0v) is 26.2. The standard InChI is InChI=1S/C34H34N6O5S/c1-44-25-19-24(20-26(21-25)45-2)36-33-34(38-29-15-7-6-14-28(29)37-33)39-46(42,43)27-13-8-12-23(18-27)31(32(35)41)40-17-9-16-30(40)22-10-4-3-5-11-22/h3-8,10-15,18-21,30-31H,9,16-17H2,1-2H3,(H2,35,41)(H,36,37)(H,38,39). The SMILES string of the molecule is COc1cc(Nc2nc3ccccc3nc2NS(=O)(=O)c2cccc(C(C(N)=O)N3CCCC3c3ccccc3)c2)cc(OC)c1. The summed E-state index contributed by atoms with van der Waals surface area (Å²) in [6.07, 6.45) is 1.75. The Balaban J connectivity index is 1.35. The number of amides is 1. The van der Waals surface area contributed by atoms with Crippen molar-refractivity contribution in [2.24, 2.45) is 5.73 Å². The van der Waals surface area contributed by atoms with E-state index in [-0.39, 0.29) is 22.6 Å². The van der Waals surface area contributed by atoms with Crippen molar-refractivity contribution in [3.8, 4) is 11.5 Å². The van der Waals surface area contributed by atoms with E-state index in [4.69, 9.17) is 15.2 Å². The molecule has 4 aromatic carbocycles. The molecule has 5 aromatic rings. The molecule has 12 heteroatoms. The molecule has 236 valence electrons. The van der Waals surface area contributed by atoms with Gasteiger partial charge >= 0.3 is 0 Å². The molecule has 2 heterocycles. The summed E-state index contributed by atoms with van der Waals surface area (Å²) in [7, 11) is -1.13. The van der Waals surface area contributed by atoms with Gasteiger partial charge in [0, 0.05) is 29.9 Å². The lowest BCUT2D eigenvalue weighted by atomic mass is 10.00. The number of primary amides is 1. The van der Waals surface area contributed by atoms with E-state index in [2.05, 4.69) is 24.9 Å². The van der Waals surface area contributed by atoms with Crippen molar-refractivity contribution in [3.05, 3.63) is 108 Å². The van der Waals surface area contributed by atoms with Gasteiger partial charge in [-0.3, -0.25) is 14.4 Å². The van der Waals surface area contributed by atoms with Crippen LogP contribution in [0, 0.1) is 0 Å². The second-order valence-electron chi connectivity index (χ2n) is 10.9. The number of ether oxygens (including phenoxy) is 2. The van der Waals surface area contributed by atoms with Crippen LogP contribution < -0.4 is 25.2 Å². The van der Waals surface area contributed by atoms with Crippen molar-refractivity contribution >= 4 is 44.3 Å². The van der Waals surface area contributed by atoms with E-state index < -0.39 is 22.0 Å². The minimum atomic E-state index is -4.21. The molecule has 0 aliphatic carbocycles. The lowest BCUT2D eigenvalue weighted by molar-refractivity contribution is -0.123. The lowest BCUT2D eigenvalue weighted by Crippen LogP contribution is -2.37. The number of carbonyl (C=O) groups excluding carboxylic acids is 1. The fourth-order valence-electron chi connectivity index (χ4n) is 5.86. The Bertz CT molecular complexity index is 1970. The van der Waals surface area contributed by atoms with Crippen LogP contribution in [0.5, 0.6) is 11.5 Å². The molecule has 1 aromatic heterocycles. The highest BCUT2D eigenvalue weighted by Crippen LogP contribution is 2.39. The Labute approximate surface area is 267 Å². The summed E-state index contributed by atoms with van der Waals surface area (Å²) < 4.78 is 41.2. The highest BCUT2D eigenvalue weighted by atomic mass is 32.2. The number of likely N-dealkylation sites (tertiary alicyclic amines) is 1. The Morgan fingerprint density at radius 1 is 0.870 bits per heavy atom. The molecule has 11 nitrogen and oxygen atoms in total. The van der Waals surface area contributed by atoms with Crippen molar-refractivity contribution in [1.82, 2.24) is 14.9 Å². The van der Waals surface area contributed by atoms with E-state index in [0.29, 0.717) is 40.3 Å². The topological polar surface area (TPSA) is 149 Å². The van der Waals surface area contributed by atoms with Crippen LogP contribution in [-0.4, -0.2) is 50.0 Å². The first kappa shape index (κ1) is 30.8. The van der Waals surface area contributed by atoms with Crippen LogP contribution in [0.4, 0.5) is 17.3 Å². The fraction of sp³-hybridized carbons (Fsp3) is 0.206. The number of methoxy groups -OCH3 is 2. The quantitative estimate of drug-likeness (QED) is 0.169. The van der Waals surface area contributed by atoms with Crippen molar-refractivity contribution < 1.29 is 22.7 Å². The summed E-state index contributed by atoms with van der Waals surface area (Å²) in [6, 6.07) is 27.7. The molecule has 1 amide bonds. The average molecular weight is 639 g/mol. The molecular formula is C34H34N6O5S. The van der Waals surface area contributed by atoms with Crippen LogP contribution in [0.2, 0.25) is 0 Å². The Kier molecular flexibility index (Phi) is 8.73. The molecule has 1 saturated heterocycles. The number of para-hydroxylation sites is 2. The first-order chi connectivity index (χ1) is 22.3. The highest BCUT2D eigenvalue weighted by Gasteiger charge is 2.36. The van der Waals surface area contributed by atoms with E-state index in [9.17, 15) is 13.2 Å². The minimum Gasteiger partial charge on any atom is -0.497 e. The molecule has 46 heavy (non-hydrogen) atoms. The molecule has 1 fully saturated rings. The molecule has 1 aliphatic heterocycles. The first-order valence-electron chi connectivity index (χ1n) is 14.8. The number of nitrogens with zero attached hydrogens (tertiary/aromatic N) is 3. The number of sulfonamides is 1. The van der Waals surface area contributed by atoms with Gasteiger partial charge in [-0.25, -0.2) is 18.4 Å². The fourth-order valence-corrected chi connectivity index (χ4v) is 6.93. The van der Waals surface area contributed by atoms with E-state index in [1.165, 1.54) is 26.4 Å². The molecule has 0 radical (unpaired) electrons. The first-order valence-corrected chi connectivity index (χ1v) is 16.2. The number of fused-ring (bicyclic) bond motifs is 1. The van der Waals surface area contributed by atoms with E-state index >= 15 is 0 Å². The van der Waals surface area contributed by atoms with Gasteiger partial charge in [-0.05, 0) is 54.8 Å². The summed E-state index contributed by atoms with van der Waals surface area (Å²) in [6.45, 7) is 0.652. The normalized spacial score (nSPS) is 15.7. The van der Waals surface area contributed by atoms with Gasteiger partial charge in [-0.15, -0.1) is 0 Å². The van der Waals surface area contributed by atoms with Crippen molar-refractivity contribution in [2.75, 3.05) is 30.8 Å². The second kappa shape index (κ2) is 13.0. The molecule has 0 spiro atoms. The number of nitrogens with two attached hydrogens (primary N) is 1. The molecule has 6 rings (SSSR count). The third kappa shape index (κ3) is 6.44. The van der Waals surface area contributed by atoms with Gasteiger partial charge in [-0.1, -0.05) is 54.6 Å². The number of nitrogens with one attached hydrogen (secondary N) is 2. The third-order valence-corrected chi connectivity index (χ3v) is 9.32. The monoisotopic (exact) mass is 638 g/mol. The molecule has 1 aliphatic rings. The van der Waals surface area contributed by atoms with Crippen LogP contribution in [0.25, 0.3) is 11.0 Å². The molecule has 0 saturated carbocycles. The molecule has 2 atom stereocenters. The highest BCUT2D eigenvalue weighted by molar-refractivity contribution is 7.92. The summed E-state index contributed by atoms with van der Waals surface area (Å²) in [4.78, 5) is 24.2. The van der Waals surface area contributed by atoms with Crippen molar-refractivity contribution in [2.45, 2.75) is 29.8 Å². The summed E-state index contributed by atoms with van der Waals surface area (Å²) >= 11 is 0. The van der Waals surface area contributed by atoms with Crippen molar-refractivity contribution in [3.63, 3.8) is 0 Å². The molecular weight excluding hydrogens is 604 g/mol. The predicted molar refractivity (Wildman–Crippen MR) is 177 cm³/mol. The minimum absolute atomic E-state index is 0.0129. The summed E-state index contributed by atoms with van der Waals surface area (Å²) in [5, 5.41) is 3.16. The number of benzene rings is 4. The zero-order chi connectivity index (χ0) is 32.3. The van der Waals surface area contributed by atoms with Gasteiger partial charge < -0.3 is 20.5 Å². The van der Waals surface area contributed by atoms with Gasteiger partial charge in [0.05, 0.1) is 30.1 Å². The number of hydrogen-bond acceptors (Lipinski definition) is 9. The number of anilines is 3. The average Bonchev–Trinajstić information content (AvgIpc) is 3.54. The van der Waals surface area contributed by atoms with Gasteiger partial charge in [-0.2, -0.15) is 0 Å². The van der Waals surface area contributed by atoms with Crippen LogP contribution in [0.3, 0.4) is 0 Å². The number of aromatic nitrogens is 2. The molecule has 0 bridgehead atoms. The van der Waals surface area contributed by atoms with Crippen LogP contribution in [-0.2, 0) is 14.8 Å². The van der Waals surface area contributed by atoms with Gasteiger partial charge in [0.2, 0.25) is 5.91 Å². The lowest BCUT2D eigenvalue weighted by Gasteiger charge is -2.32. The van der Waals surface area contributed by atoms with E-state index in [0.717, 1.165) is 18.4 Å². The Morgan fingerprint density at radius 3 is 2.17 bits per heavy atom. The molecule has 4 N–H and O–H groups in total.